The number of hydrogen-bond acceptors (Lipinski definition) is 5. The van der Waals surface area contributed by atoms with Crippen LogP contribution in [0.3, 0.4) is 0 Å². The van der Waals surface area contributed by atoms with Crippen LogP contribution in [0.1, 0.15) is 29.8 Å². The molecule has 0 atom stereocenters. The lowest BCUT2D eigenvalue weighted by Crippen LogP contribution is -2.25. The SMILES string of the molecule is COc1ccc(C(=O)OCC(=O)/C=C2/N(C)c3ccccc3C2(C)C)cc1. The number of anilines is 1. The first-order chi connectivity index (χ1) is 12.8. The number of nitrogens with zero attached hydrogens (tertiary/aromatic N) is 1. The Kier molecular flexibility index (Phi) is 5.04. The first-order valence-corrected chi connectivity index (χ1v) is 8.74. The minimum atomic E-state index is -0.535. The van der Waals surface area contributed by atoms with E-state index in [1.54, 1.807) is 37.5 Å². The van der Waals surface area contributed by atoms with Gasteiger partial charge in [0.05, 0.1) is 12.7 Å². The third-order valence-electron chi connectivity index (χ3n) is 4.91. The number of likely N-dealkylation sites (N-methyl/N-ethyl adjacent to an activating group) is 1. The Morgan fingerprint density at radius 1 is 1.07 bits per heavy atom. The lowest BCUT2D eigenvalue weighted by Gasteiger charge is -2.23. The molecule has 0 amide bonds. The second-order valence-corrected chi connectivity index (χ2v) is 7.00. The van der Waals surface area contributed by atoms with Gasteiger partial charge in [0.2, 0.25) is 0 Å². The number of fused-ring (bicyclic) bond motifs is 1. The standard InChI is InChI=1S/C22H23NO4/c1-22(2)18-7-5-6-8-19(18)23(3)20(22)13-16(24)14-27-21(25)15-9-11-17(26-4)12-10-15/h5-13H,14H2,1-4H3/b20-13+. The summed E-state index contributed by atoms with van der Waals surface area (Å²) in [6.07, 6.45) is 1.57. The molecule has 0 fully saturated rings. The molecule has 27 heavy (non-hydrogen) atoms. The van der Waals surface area contributed by atoms with Crippen LogP contribution in [-0.2, 0) is 14.9 Å². The molecule has 3 rings (SSSR count). The summed E-state index contributed by atoms with van der Waals surface area (Å²) in [6, 6.07) is 14.6. The van der Waals surface area contributed by atoms with Gasteiger partial charge in [-0.2, -0.15) is 0 Å². The number of carbonyl (C=O) groups excluding carboxylic acids is 2. The van der Waals surface area contributed by atoms with E-state index in [2.05, 4.69) is 19.9 Å². The zero-order valence-corrected chi connectivity index (χ0v) is 16.0. The Bertz CT molecular complexity index is 897. The number of methoxy groups -OCH3 is 1. The fourth-order valence-electron chi connectivity index (χ4n) is 3.40. The minimum absolute atomic E-state index is 0.250. The van der Waals surface area contributed by atoms with E-state index in [0.717, 1.165) is 11.4 Å². The summed E-state index contributed by atoms with van der Waals surface area (Å²) < 4.78 is 10.2. The number of carbonyl (C=O) groups is 2. The summed E-state index contributed by atoms with van der Waals surface area (Å²) >= 11 is 0. The monoisotopic (exact) mass is 365 g/mol. The van der Waals surface area contributed by atoms with Crippen molar-refractivity contribution in [3.05, 3.63) is 71.4 Å². The van der Waals surface area contributed by atoms with Crippen molar-refractivity contribution in [3.63, 3.8) is 0 Å². The molecule has 0 saturated carbocycles. The van der Waals surface area contributed by atoms with Crippen molar-refractivity contribution in [2.45, 2.75) is 19.3 Å². The van der Waals surface area contributed by atoms with Gasteiger partial charge in [-0.25, -0.2) is 4.79 Å². The highest BCUT2D eigenvalue weighted by Crippen LogP contribution is 2.46. The molecule has 5 heteroatoms. The van der Waals surface area contributed by atoms with Gasteiger partial charge < -0.3 is 14.4 Å². The predicted molar refractivity (Wildman–Crippen MR) is 104 cm³/mol. The third kappa shape index (κ3) is 3.58. The number of para-hydroxylation sites is 1. The molecule has 0 N–H and O–H groups in total. The number of ether oxygens (including phenoxy) is 2. The summed E-state index contributed by atoms with van der Waals surface area (Å²) in [5.74, 6) is -0.134. The van der Waals surface area contributed by atoms with E-state index in [4.69, 9.17) is 9.47 Å². The maximum atomic E-state index is 12.4. The molecule has 0 saturated heterocycles. The molecule has 0 aliphatic carbocycles. The highest BCUT2D eigenvalue weighted by Gasteiger charge is 2.38. The maximum absolute atomic E-state index is 12.4. The molecule has 5 nitrogen and oxygen atoms in total. The second-order valence-electron chi connectivity index (χ2n) is 7.00. The Morgan fingerprint density at radius 2 is 1.74 bits per heavy atom. The van der Waals surface area contributed by atoms with Gasteiger partial charge in [-0.15, -0.1) is 0 Å². The fraction of sp³-hybridized carbons (Fsp3) is 0.273. The van der Waals surface area contributed by atoms with E-state index in [9.17, 15) is 9.59 Å². The number of ketones is 1. The molecule has 2 aromatic carbocycles. The van der Waals surface area contributed by atoms with Crippen LogP contribution >= 0.6 is 0 Å². The third-order valence-corrected chi connectivity index (χ3v) is 4.91. The highest BCUT2D eigenvalue weighted by molar-refractivity contribution is 5.96. The molecule has 0 aromatic heterocycles. The van der Waals surface area contributed by atoms with Crippen LogP contribution < -0.4 is 9.64 Å². The Morgan fingerprint density at radius 3 is 2.37 bits per heavy atom. The van der Waals surface area contributed by atoms with Gasteiger partial charge in [0, 0.05) is 29.9 Å². The number of esters is 1. The second kappa shape index (κ2) is 7.27. The van der Waals surface area contributed by atoms with Crippen LogP contribution in [0.15, 0.2) is 60.3 Å². The summed E-state index contributed by atoms with van der Waals surface area (Å²) in [5.41, 5.74) is 3.22. The van der Waals surface area contributed by atoms with Crippen molar-refractivity contribution >= 4 is 17.4 Å². The van der Waals surface area contributed by atoms with Crippen molar-refractivity contribution in [2.75, 3.05) is 25.7 Å². The summed E-state index contributed by atoms with van der Waals surface area (Å²) in [5, 5.41) is 0. The zero-order valence-electron chi connectivity index (χ0n) is 16.0. The van der Waals surface area contributed by atoms with Crippen LogP contribution in [0.2, 0.25) is 0 Å². The van der Waals surface area contributed by atoms with E-state index in [1.807, 2.05) is 30.1 Å². The molecule has 0 unspecified atom stereocenters. The van der Waals surface area contributed by atoms with Crippen molar-refractivity contribution in [2.24, 2.45) is 0 Å². The molecule has 1 aliphatic rings. The van der Waals surface area contributed by atoms with Crippen LogP contribution in [0.25, 0.3) is 0 Å². The van der Waals surface area contributed by atoms with Gasteiger partial charge in [-0.05, 0) is 35.9 Å². The van der Waals surface area contributed by atoms with E-state index in [-0.39, 0.29) is 17.8 Å². The van der Waals surface area contributed by atoms with Gasteiger partial charge >= 0.3 is 5.97 Å². The van der Waals surface area contributed by atoms with Crippen molar-refractivity contribution < 1.29 is 19.1 Å². The van der Waals surface area contributed by atoms with Crippen LogP contribution in [-0.4, -0.2) is 32.5 Å². The number of hydrogen-bond donors (Lipinski definition) is 0. The molecule has 140 valence electrons. The largest absolute Gasteiger partial charge is 0.497 e. The molecule has 0 bridgehead atoms. The molecule has 2 aromatic rings. The Balaban J connectivity index is 1.69. The van der Waals surface area contributed by atoms with Crippen LogP contribution in [0.4, 0.5) is 5.69 Å². The summed E-state index contributed by atoms with van der Waals surface area (Å²) in [6.45, 7) is 3.87. The maximum Gasteiger partial charge on any atom is 0.338 e. The number of allylic oxidation sites excluding steroid dienone is 1. The van der Waals surface area contributed by atoms with Crippen molar-refractivity contribution in [3.8, 4) is 5.75 Å². The quantitative estimate of drug-likeness (QED) is 0.597. The van der Waals surface area contributed by atoms with Crippen molar-refractivity contribution in [1.82, 2.24) is 0 Å². The van der Waals surface area contributed by atoms with Crippen LogP contribution in [0, 0.1) is 0 Å². The topological polar surface area (TPSA) is 55.8 Å². The molecule has 1 heterocycles. The predicted octanol–water partition coefficient (Wildman–Crippen LogP) is 3.73. The van der Waals surface area contributed by atoms with E-state index < -0.39 is 5.97 Å². The number of benzene rings is 2. The number of rotatable bonds is 5. The minimum Gasteiger partial charge on any atom is -0.497 e. The van der Waals surface area contributed by atoms with Gasteiger partial charge in [-0.3, -0.25) is 4.79 Å². The molecule has 0 radical (unpaired) electrons. The Hall–Kier alpha value is -3.08. The summed E-state index contributed by atoms with van der Waals surface area (Å²) in [7, 11) is 3.50. The summed E-state index contributed by atoms with van der Waals surface area (Å²) in [4.78, 5) is 26.5. The van der Waals surface area contributed by atoms with E-state index >= 15 is 0 Å². The normalized spacial score (nSPS) is 16.1. The molecule has 0 spiro atoms. The van der Waals surface area contributed by atoms with E-state index in [1.165, 1.54) is 5.56 Å². The smallest absolute Gasteiger partial charge is 0.338 e. The van der Waals surface area contributed by atoms with Crippen molar-refractivity contribution in [1.29, 1.82) is 0 Å². The average molecular weight is 365 g/mol. The van der Waals surface area contributed by atoms with Gasteiger partial charge in [-0.1, -0.05) is 32.0 Å². The average Bonchev–Trinajstić information content (AvgIpc) is 2.87. The van der Waals surface area contributed by atoms with Gasteiger partial charge in [0.25, 0.3) is 0 Å². The van der Waals surface area contributed by atoms with Crippen LogP contribution in [0.5, 0.6) is 5.75 Å². The highest BCUT2D eigenvalue weighted by atomic mass is 16.5. The first kappa shape index (κ1) is 18.7. The molecular weight excluding hydrogens is 342 g/mol. The molecular formula is C22H23NO4. The fourth-order valence-corrected chi connectivity index (χ4v) is 3.40. The zero-order chi connectivity index (χ0) is 19.6. The lowest BCUT2D eigenvalue weighted by molar-refractivity contribution is -0.117. The van der Waals surface area contributed by atoms with Gasteiger partial charge in [0.1, 0.15) is 5.75 Å². The Labute approximate surface area is 159 Å². The molecule has 1 aliphatic heterocycles. The van der Waals surface area contributed by atoms with E-state index in [0.29, 0.717) is 11.3 Å². The lowest BCUT2D eigenvalue weighted by atomic mass is 9.83. The first-order valence-electron chi connectivity index (χ1n) is 8.74. The van der Waals surface area contributed by atoms with Gasteiger partial charge in [0.15, 0.2) is 12.4 Å².